The predicted octanol–water partition coefficient (Wildman–Crippen LogP) is 0.679. The van der Waals surface area contributed by atoms with Crippen LogP contribution < -0.4 is 21.7 Å². The third kappa shape index (κ3) is 7.76. The average molecular weight is 558 g/mol. The van der Waals surface area contributed by atoms with Crippen molar-refractivity contribution in [3.05, 3.63) is 71.9 Å². The number of amides is 3. The number of para-hydroxylation sites is 1. The number of carboxylic acid groups (broad SMARTS) is 1. The molecule has 202 valence electrons. The first kappa shape index (κ1) is 29.1. The minimum Gasteiger partial charge on any atom is -0.480 e. The first-order valence-electron chi connectivity index (χ1n) is 11.9. The molecule has 0 aliphatic carbocycles. The van der Waals surface area contributed by atoms with Crippen molar-refractivity contribution in [2.45, 2.75) is 37.0 Å². The van der Waals surface area contributed by atoms with Crippen LogP contribution in [0.5, 0.6) is 0 Å². The van der Waals surface area contributed by atoms with Gasteiger partial charge in [0.2, 0.25) is 17.7 Å². The molecule has 0 saturated carbocycles. The van der Waals surface area contributed by atoms with Gasteiger partial charge in [-0.3, -0.25) is 14.4 Å². The number of hydrogen-bond donors (Lipinski definition) is 8. The molecule has 0 bridgehead atoms. The first-order chi connectivity index (χ1) is 18.2. The van der Waals surface area contributed by atoms with E-state index in [1.165, 1.54) is 0 Å². The van der Waals surface area contributed by atoms with Crippen LogP contribution in [0.15, 0.2) is 60.8 Å². The molecule has 1 aromatic heterocycles. The minimum atomic E-state index is -1.22. The second kappa shape index (κ2) is 13.9. The van der Waals surface area contributed by atoms with Crippen LogP contribution in [0.25, 0.3) is 10.9 Å². The number of rotatable bonds is 13. The van der Waals surface area contributed by atoms with E-state index in [0.717, 1.165) is 22.0 Å². The molecule has 3 amide bonds. The van der Waals surface area contributed by atoms with Crippen LogP contribution in [0.4, 0.5) is 0 Å². The second-order valence-electron chi connectivity index (χ2n) is 8.75. The van der Waals surface area contributed by atoms with E-state index in [1.54, 1.807) is 30.5 Å². The van der Waals surface area contributed by atoms with E-state index in [-0.39, 0.29) is 24.3 Å². The van der Waals surface area contributed by atoms with Gasteiger partial charge in [0.05, 0.1) is 6.04 Å². The number of carbonyl (C=O) groups is 4. The smallest absolute Gasteiger partial charge is 0.326 e. The standard InChI is InChI=1S/C26H31N5O5S2/c27-18(13-37)23(32)31-22(14-38)25(34)29-20(11-16-12-28-19-9-5-4-8-17(16)19)24(33)30-21(26(35)36)10-15-6-2-1-3-7-15/h1-9,12,18,20-22,28,37-38H,10-11,13-14,27H2,(H,29,34)(H,30,33)(H,31,32)(H,35,36). The Bertz CT molecular complexity index is 1270. The predicted molar refractivity (Wildman–Crippen MR) is 151 cm³/mol. The van der Waals surface area contributed by atoms with Gasteiger partial charge in [0.15, 0.2) is 0 Å². The maximum Gasteiger partial charge on any atom is 0.326 e. The molecule has 0 radical (unpaired) electrons. The summed E-state index contributed by atoms with van der Waals surface area (Å²) in [6, 6.07) is 12.0. The molecule has 0 saturated heterocycles. The molecular weight excluding hydrogens is 526 g/mol. The van der Waals surface area contributed by atoms with Crippen LogP contribution in [0.2, 0.25) is 0 Å². The Balaban J connectivity index is 1.83. The number of H-pyrrole nitrogens is 1. The maximum absolute atomic E-state index is 13.4. The van der Waals surface area contributed by atoms with Crippen molar-refractivity contribution < 1.29 is 24.3 Å². The number of hydrogen-bond acceptors (Lipinski definition) is 7. The fourth-order valence-electron chi connectivity index (χ4n) is 3.88. The van der Waals surface area contributed by atoms with Crippen molar-refractivity contribution in [3.63, 3.8) is 0 Å². The van der Waals surface area contributed by atoms with Gasteiger partial charge in [0.1, 0.15) is 18.1 Å². The lowest BCUT2D eigenvalue weighted by Crippen LogP contribution is -2.58. The highest BCUT2D eigenvalue weighted by molar-refractivity contribution is 7.80. The van der Waals surface area contributed by atoms with Crippen LogP contribution in [0, 0.1) is 0 Å². The molecular formula is C26H31N5O5S2. The molecule has 0 aliphatic heterocycles. The Morgan fingerprint density at radius 2 is 1.39 bits per heavy atom. The Labute approximate surface area is 230 Å². The molecule has 3 rings (SSSR count). The molecule has 7 N–H and O–H groups in total. The Morgan fingerprint density at radius 3 is 2.05 bits per heavy atom. The number of aromatic amines is 1. The van der Waals surface area contributed by atoms with Crippen molar-refractivity contribution in [1.82, 2.24) is 20.9 Å². The van der Waals surface area contributed by atoms with Gasteiger partial charge >= 0.3 is 5.97 Å². The van der Waals surface area contributed by atoms with E-state index in [1.807, 2.05) is 30.3 Å². The number of carboxylic acids is 1. The summed E-state index contributed by atoms with van der Waals surface area (Å²) in [5, 5.41) is 18.3. The summed E-state index contributed by atoms with van der Waals surface area (Å²) in [5.74, 6) is -3.10. The molecule has 3 aromatic rings. The summed E-state index contributed by atoms with van der Waals surface area (Å²) >= 11 is 8.15. The average Bonchev–Trinajstić information content (AvgIpc) is 3.33. The van der Waals surface area contributed by atoms with Crippen molar-refractivity contribution in [1.29, 1.82) is 0 Å². The first-order valence-corrected chi connectivity index (χ1v) is 13.2. The highest BCUT2D eigenvalue weighted by Gasteiger charge is 2.30. The zero-order valence-electron chi connectivity index (χ0n) is 20.5. The molecule has 2 aromatic carbocycles. The zero-order valence-corrected chi connectivity index (χ0v) is 22.3. The van der Waals surface area contributed by atoms with E-state index in [0.29, 0.717) is 0 Å². The van der Waals surface area contributed by atoms with E-state index in [9.17, 15) is 24.3 Å². The zero-order chi connectivity index (χ0) is 27.7. The molecule has 4 atom stereocenters. The van der Waals surface area contributed by atoms with E-state index in [2.05, 4.69) is 46.2 Å². The van der Waals surface area contributed by atoms with Crippen LogP contribution in [0.1, 0.15) is 11.1 Å². The van der Waals surface area contributed by atoms with Gasteiger partial charge in [0, 0.05) is 41.4 Å². The van der Waals surface area contributed by atoms with Crippen LogP contribution in [-0.2, 0) is 32.0 Å². The summed E-state index contributed by atoms with van der Waals surface area (Å²) in [7, 11) is 0. The van der Waals surface area contributed by atoms with Crippen LogP contribution >= 0.6 is 25.3 Å². The lowest BCUT2D eigenvalue weighted by atomic mass is 10.0. The van der Waals surface area contributed by atoms with Gasteiger partial charge in [-0.25, -0.2) is 4.79 Å². The van der Waals surface area contributed by atoms with Crippen molar-refractivity contribution in [3.8, 4) is 0 Å². The van der Waals surface area contributed by atoms with Crippen LogP contribution in [-0.4, -0.2) is 69.5 Å². The Morgan fingerprint density at radius 1 is 0.789 bits per heavy atom. The van der Waals surface area contributed by atoms with E-state index >= 15 is 0 Å². The molecule has 4 unspecified atom stereocenters. The van der Waals surface area contributed by atoms with Gasteiger partial charge in [0.25, 0.3) is 0 Å². The number of aliphatic carboxylic acids is 1. The van der Waals surface area contributed by atoms with Gasteiger partial charge in [-0.05, 0) is 17.2 Å². The minimum absolute atomic E-state index is 0.0515. The molecule has 0 fully saturated rings. The van der Waals surface area contributed by atoms with Gasteiger partial charge in [-0.1, -0.05) is 48.5 Å². The maximum atomic E-state index is 13.4. The summed E-state index contributed by atoms with van der Waals surface area (Å²) in [6.45, 7) is 0. The van der Waals surface area contributed by atoms with Crippen LogP contribution in [0.3, 0.4) is 0 Å². The third-order valence-electron chi connectivity index (χ3n) is 5.98. The normalized spacial score (nSPS) is 14.2. The molecule has 1 heterocycles. The fourth-order valence-corrected chi connectivity index (χ4v) is 4.30. The summed E-state index contributed by atoms with van der Waals surface area (Å²) in [5.41, 5.74) is 8.02. The number of nitrogens with two attached hydrogens (primary N) is 1. The number of fused-ring (bicyclic) bond motifs is 1. The lowest BCUT2D eigenvalue weighted by Gasteiger charge is -2.24. The highest BCUT2D eigenvalue weighted by Crippen LogP contribution is 2.19. The fraction of sp³-hybridized carbons (Fsp3) is 0.308. The monoisotopic (exact) mass is 557 g/mol. The number of nitrogens with one attached hydrogen (secondary N) is 4. The topological polar surface area (TPSA) is 166 Å². The molecule has 0 spiro atoms. The summed E-state index contributed by atoms with van der Waals surface area (Å²) in [6.07, 6.45) is 1.87. The van der Waals surface area contributed by atoms with Gasteiger partial charge < -0.3 is 31.8 Å². The SMILES string of the molecule is NC(CS)C(=O)NC(CS)C(=O)NC(Cc1c[nH]c2ccccc12)C(=O)NC(Cc1ccccc1)C(=O)O. The van der Waals surface area contributed by atoms with Crippen molar-refractivity contribution in [2.24, 2.45) is 5.73 Å². The molecule has 10 nitrogen and oxygen atoms in total. The number of benzene rings is 2. The third-order valence-corrected chi connectivity index (χ3v) is 6.74. The molecule has 0 aliphatic rings. The van der Waals surface area contributed by atoms with Crippen molar-refractivity contribution in [2.75, 3.05) is 11.5 Å². The molecule has 12 heteroatoms. The number of aromatic nitrogens is 1. The largest absolute Gasteiger partial charge is 0.480 e. The number of thiol groups is 2. The van der Waals surface area contributed by atoms with Crippen molar-refractivity contribution >= 4 is 59.9 Å². The lowest BCUT2D eigenvalue weighted by molar-refractivity contribution is -0.142. The Hall–Kier alpha value is -3.48. The Kier molecular flexibility index (Phi) is 10.6. The van der Waals surface area contributed by atoms with Gasteiger partial charge in [-0.15, -0.1) is 0 Å². The van der Waals surface area contributed by atoms with Gasteiger partial charge in [-0.2, -0.15) is 25.3 Å². The second-order valence-corrected chi connectivity index (χ2v) is 9.48. The highest BCUT2D eigenvalue weighted by atomic mass is 32.1. The number of carbonyl (C=O) groups excluding carboxylic acids is 3. The van der Waals surface area contributed by atoms with E-state index < -0.39 is 47.9 Å². The quantitative estimate of drug-likeness (QED) is 0.144. The molecule has 38 heavy (non-hydrogen) atoms. The summed E-state index contributed by atoms with van der Waals surface area (Å²) in [4.78, 5) is 53.8. The van der Waals surface area contributed by atoms with E-state index in [4.69, 9.17) is 5.73 Å². The summed E-state index contributed by atoms with van der Waals surface area (Å²) < 4.78 is 0.